The fraction of sp³-hybridized carbons (Fsp3) is 0.391. The molecule has 3 rings (SSSR count). The molecule has 0 radical (unpaired) electrons. The van der Waals surface area contributed by atoms with Crippen molar-refractivity contribution in [1.29, 1.82) is 0 Å². The van der Waals surface area contributed by atoms with Crippen LogP contribution in [0.5, 0.6) is 5.75 Å². The number of nitrogens with one attached hydrogen (secondary N) is 1. The highest BCUT2D eigenvalue weighted by Gasteiger charge is 2.43. The van der Waals surface area contributed by atoms with Gasteiger partial charge in [0.25, 0.3) is 5.91 Å². The van der Waals surface area contributed by atoms with E-state index in [0.717, 1.165) is 5.56 Å². The van der Waals surface area contributed by atoms with Gasteiger partial charge in [-0.1, -0.05) is 30.3 Å². The van der Waals surface area contributed by atoms with Crippen molar-refractivity contribution >= 4 is 11.8 Å². The first kappa shape index (κ1) is 22.7. The van der Waals surface area contributed by atoms with E-state index in [1.807, 2.05) is 30.3 Å². The molecule has 3 N–H and O–H groups in total. The van der Waals surface area contributed by atoms with Crippen molar-refractivity contribution in [3.8, 4) is 5.75 Å². The summed E-state index contributed by atoms with van der Waals surface area (Å²) in [6.07, 6.45) is -4.13. The van der Waals surface area contributed by atoms with Crippen LogP contribution in [-0.4, -0.2) is 72.0 Å². The molecule has 1 aliphatic heterocycles. The summed E-state index contributed by atoms with van der Waals surface area (Å²) < 4.78 is 10.8. The van der Waals surface area contributed by atoms with Crippen LogP contribution in [0.1, 0.15) is 22.3 Å². The van der Waals surface area contributed by atoms with Gasteiger partial charge < -0.3 is 29.9 Å². The summed E-state index contributed by atoms with van der Waals surface area (Å²) in [6, 6.07) is 16.2. The van der Waals surface area contributed by atoms with Crippen molar-refractivity contribution in [1.82, 2.24) is 10.2 Å². The molecule has 0 aliphatic carbocycles. The van der Waals surface area contributed by atoms with Crippen molar-refractivity contribution in [2.24, 2.45) is 0 Å². The van der Waals surface area contributed by atoms with E-state index < -0.39 is 24.4 Å². The minimum absolute atomic E-state index is 0.00757. The first-order chi connectivity index (χ1) is 14.9. The normalized spacial score (nSPS) is 22.7. The lowest BCUT2D eigenvalue weighted by atomic mass is 10.0. The van der Waals surface area contributed by atoms with E-state index in [9.17, 15) is 19.8 Å². The van der Waals surface area contributed by atoms with Gasteiger partial charge in [-0.25, -0.2) is 0 Å². The van der Waals surface area contributed by atoms with E-state index in [1.54, 1.807) is 43.3 Å². The lowest BCUT2D eigenvalue weighted by Gasteiger charge is -2.21. The number of carbonyl (C=O) groups is 2. The summed E-state index contributed by atoms with van der Waals surface area (Å²) >= 11 is 0. The van der Waals surface area contributed by atoms with Gasteiger partial charge in [0.05, 0.1) is 19.6 Å². The summed E-state index contributed by atoms with van der Waals surface area (Å²) in [5.74, 6) is 0.0945. The van der Waals surface area contributed by atoms with E-state index in [-0.39, 0.29) is 24.8 Å². The van der Waals surface area contributed by atoms with Crippen LogP contribution in [0.2, 0.25) is 0 Å². The highest BCUT2D eigenvalue weighted by Crippen LogP contribution is 2.24. The Balaban J connectivity index is 1.50. The van der Waals surface area contributed by atoms with Crippen LogP contribution in [0.15, 0.2) is 54.6 Å². The van der Waals surface area contributed by atoms with Crippen LogP contribution in [0.3, 0.4) is 0 Å². The Bertz CT molecular complexity index is 873. The van der Waals surface area contributed by atoms with Gasteiger partial charge in [0.15, 0.2) is 0 Å². The average Bonchev–Trinajstić information content (AvgIpc) is 3.05. The number of ether oxygens (including phenoxy) is 2. The van der Waals surface area contributed by atoms with Gasteiger partial charge in [-0.3, -0.25) is 9.59 Å². The topological polar surface area (TPSA) is 108 Å². The molecule has 166 valence electrons. The number of amides is 2. The number of methoxy groups -OCH3 is 1. The SMILES string of the molecule is COc1ccc(C(=O)NC[C@H]2O[C@H](CC(=O)N(C)Cc3ccccc3)[C@H](O)[C@@H]2O)cc1. The maximum Gasteiger partial charge on any atom is 0.251 e. The third-order valence-electron chi connectivity index (χ3n) is 5.34. The van der Waals surface area contributed by atoms with Crippen LogP contribution in [-0.2, 0) is 16.1 Å². The minimum atomic E-state index is -1.21. The number of aliphatic hydroxyl groups is 2. The number of nitrogens with zero attached hydrogens (tertiary/aromatic N) is 1. The molecule has 0 aromatic heterocycles. The molecule has 31 heavy (non-hydrogen) atoms. The molecular formula is C23H28N2O6. The van der Waals surface area contributed by atoms with Crippen LogP contribution >= 0.6 is 0 Å². The third kappa shape index (κ3) is 5.81. The number of rotatable bonds is 8. The lowest BCUT2D eigenvalue weighted by molar-refractivity contribution is -0.134. The maximum absolute atomic E-state index is 12.5. The van der Waals surface area contributed by atoms with Gasteiger partial charge in [-0.2, -0.15) is 0 Å². The van der Waals surface area contributed by atoms with E-state index in [2.05, 4.69) is 5.32 Å². The molecule has 1 fully saturated rings. The van der Waals surface area contributed by atoms with Crippen LogP contribution in [0.25, 0.3) is 0 Å². The van der Waals surface area contributed by atoms with Gasteiger partial charge in [0, 0.05) is 25.7 Å². The minimum Gasteiger partial charge on any atom is -0.497 e. The van der Waals surface area contributed by atoms with E-state index in [1.165, 1.54) is 0 Å². The highest BCUT2D eigenvalue weighted by molar-refractivity contribution is 5.94. The van der Waals surface area contributed by atoms with Gasteiger partial charge in [0.1, 0.15) is 24.1 Å². The fourth-order valence-corrected chi connectivity index (χ4v) is 3.47. The zero-order valence-electron chi connectivity index (χ0n) is 17.6. The second-order valence-corrected chi connectivity index (χ2v) is 7.57. The Morgan fingerprint density at radius 1 is 1.03 bits per heavy atom. The molecule has 1 saturated heterocycles. The van der Waals surface area contributed by atoms with Gasteiger partial charge in [0.2, 0.25) is 5.91 Å². The van der Waals surface area contributed by atoms with E-state index >= 15 is 0 Å². The van der Waals surface area contributed by atoms with Crippen molar-refractivity contribution < 1.29 is 29.3 Å². The average molecular weight is 428 g/mol. The Kier molecular flexibility index (Phi) is 7.62. The monoisotopic (exact) mass is 428 g/mol. The second kappa shape index (κ2) is 10.4. The highest BCUT2D eigenvalue weighted by atomic mass is 16.5. The number of carbonyl (C=O) groups excluding carboxylic acids is 2. The van der Waals surface area contributed by atoms with Gasteiger partial charge in [-0.05, 0) is 29.8 Å². The van der Waals surface area contributed by atoms with Crippen molar-refractivity contribution in [2.45, 2.75) is 37.4 Å². The second-order valence-electron chi connectivity index (χ2n) is 7.57. The Labute approximate surface area is 181 Å². The van der Waals surface area contributed by atoms with Crippen LogP contribution in [0, 0.1) is 0 Å². The Morgan fingerprint density at radius 2 is 1.68 bits per heavy atom. The lowest BCUT2D eigenvalue weighted by Crippen LogP contribution is -2.40. The van der Waals surface area contributed by atoms with Crippen LogP contribution in [0.4, 0.5) is 0 Å². The number of hydrogen-bond donors (Lipinski definition) is 3. The van der Waals surface area contributed by atoms with Crippen LogP contribution < -0.4 is 10.1 Å². The molecule has 2 amide bonds. The molecule has 0 bridgehead atoms. The Morgan fingerprint density at radius 3 is 2.32 bits per heavy atom. The predicted molar refractivity (Wildman–Crippen MR) is 114 cm³/mol. The summed E-state index contributed by atoms with van der Waals surface area (Å²) in [6.45, 7) is 0.444. The number of benzene rings is 2. The molecule has 4 atom stereocenters. The first-order valence-electron chi connectivity index (χ1n) is 10.1. The molecule has 2 aromatic rings. The molecule has 0 spiro atoms. The smallest absolute Gasteiger partial charge is 0.251 e. The molecule has 0 saturated carbocycles. The molecule has 1 heterocycles. The zero-order chi connectivity index (χ0) is 22.4. The maximum atomic E-state index is 12.5. The zero-order valence-corrected chi connectivity index (χ0v) is 17.6. The number of aliphatic hydroxyl groups excluding tert-OH is 2. The molecule has 1 aliphatic rings. The largest absolute Gasteiger partial charge is 0.497 e. The van der Waals surface area contributed by atoms with Crippen molar-refractivity contribution in [3.05, 3.63) is 65.7 Å². The van der Waals surface area contributed by atoms with Crippen molar-refractivity contribution in [3.63, 3.8) is 0 Å². The third-order valence-corrected chi connectivity index (χ3v) is 5.34. The molecule has 8 nitrogen and oxygen atoms in total. The molecule has 8 heteroatoms. The Hall–Kier alpha value is -2.94. The van der Waals surface area contributed by atoms with Gasteiger partial charge in [-0.15, -0.1) is 0 Å². The summed E-state index contributed by atoms with van der Waals surface area (Å²) in [7, 11) is 3.22. The van der Waals surface area contributed by atoms with Crippen molar-refractivity contribution in [2.75, 3.05) is 20.7 Å². The molecule has 0 unspecified atom stereocenters. The molecular weight excluding hydrogens is 400 g/mol. The van der Waals surface area contributed by atoms with E-state index in [4.69, 9.17) is 9.47 Å². The quantitative estimate of drug-likeness (QED) is 0.578. The van der Waals surface area contributed by atoms with Gasteiger partial charge >= 0.3 is 0 Å². The van der Waals surface area contributed by atoms with E-state index in [0.29, 0.717) is 17.9 Å². The first-order valence-corrected chi connectivity index (χ1v) is 10.1. The predicted octanol–water partition coefficient (Wildman–Crippen LogP) is 0.963. The number of hydrogen-bond acceptors (Lipinski definition) is 6. The standard InChI is InChI=1S/C23H28N2O6/c1-25(14-15-6-4-3-5-7-15)20(26)12-18-21(27)22(28)19(31-18)13-24-23(29)16-8-10-17(30-2)11-9-16/h3-11,18-19,21-22,27-28H,12-14H2,1-2H3,(H,24,29)/t18-,19-,21+,22-/m1/s1. The fourth-order valence-electron chi connectivity index (χ4n) is 3.47. The summed E-state index contributed by atoms with van der Waals surface area (Å²) in [5, 5.41) is 23.3. The summed E-state index contributed by atoms with van der Waals surface area (Å²) in [4.78, 5) is 26.4. The molecule has 2 aromatic carbocycles. The summed E-state index contributed by atoms with van der Waals surface area (Å²) in [5.41, 5.74) is 1.42.